The van der Waals surface area contributed by atoms with Gasteiger partial charge in [-0.1, -0.05) is 24.3 Å². The van der Waals surface area contributed by atoms with Gasteiger partial charge in [0.05, 0.1) is 6.61 Å². The molecule has 0 bridgehead atoms. The van der Waals surface area contributed by atoms with Crippen molar-refractivity contribution in [1.82, 2.24) is 4.98 Å². The number of benzene rings is 2. The van der Waals surface area contributed by atoms with Crippen LogP contribution in [-0.2, 0) is 11.2 Å². The summed E-state index contributed by atoms with van der Waals surface area (Å²) in [5.41, 5.74) is 2.27. The molecule has 0 radical (unpaired) electrons. The Balaban J connectivity index is 1.59. The third-order valence-corrected chi connectivity index (χ3v) is 5.09. The van der Waals surface area contributed by atoms with Crippen LogP contribution in [0.2, 0.25) is 0 Å². The van der Waals surface area contributed by atoms with Crippen molar-refractivity contribution in [3.8, 4) is 5.75 Å². The number of nitrogens with one attached hydrogen (secondary N) is 1. The lowest BCUT2D eigenvalue weighted by Gasteiger charge is -2.18. The molecule has 0 saturated carbocycles. The molecule has 0 amide bonds. The Hall–Kier alpha value is -2.40. The second kappa shape index (κ2) is 7.23. The molecule has 0 atom stereocenters. The molecule has 2 N–H and O–H groups in total. The van der Waals surface area contributed by atoms with Crippen molar-refractivity contribution in [2.75, 3.05) is 6.61 Å². The van der Waals surface area contributed by atoms with E-state index in [-0.39, 0.29) is 0 Å². The van der Waals surface area contributed by atoms with Crippen LogP contribution in [0.1, 0.15) is 19.5 Å². The van der Waals surface area contributed by atoms with Crippen LogP contribution >= 0.6 is 11.8 Å². The Bertz CT molecular complexity index is 852. The topological polar surface area (TPSA) is 62.3 Å². The monoisotopic (exact) mass is 355 g/mol. The summed E-state index contributed by atoms with van der Waals surface area (Å²) in [6.07, 6.45) is 0.784. The molecule has 4 nitrogen and oxygen atoms in total. The van der Waals surface area contributed by atoms with Gasteiger partial charge in [-0.2, -0.15) is 0 Å². The van der Waals surface area contributed by atoms with E-state index in [0.29, 0.717) is 6.61 Å². The minimum absolute atomic E-state index is 0.559. The maximum atomic E-state index is 11.3. The molecular weight excluding hydrogens is 334 g/mol. The molecule has 3 rings (SSSR count). The molecule has 25 heavy (non-hydrogen) atoms. The summed E-state index contributed by atoms with van der Waals surface area (Å²) in [7, 11) is 0. The van der Waals surface area contributed by atoms with Crippen molar-refractivity contribution in [2.45, 2.75) is 29.9 Å². The molecule has 0 spiro atoms. The number of aromatic amines is 1. The molecule has 1 heterocycles. The zero-order valence-corrected chi connectivity index (χ0v) is 15.1. The van der Waals surface area contributed by atoms with Crippen LogP contribution < -0.4 is 4.74 Å². The molecule has 0 aliphatic heterocycles. The van der Waals surface area contributed by atoms with E-state index in [1.54, 1.807) is 13.8 Å². The number of carboxylic acid groups (broad SMARTS) is 1. The highest BCUT2D eigenvalue weighted by molar-refractivity contribution is 8.01. The fourth-order valence-corrected chi connectivity index (χ4v) is 3.51. The maximum absolute atomic E-state index is 11.3. The van der Waals surface area contributed by atoms with E-state index in [0.717, 1.165) is 28.3 Å². The smallest absolute Gasteiger partial charge is 0.319 e. The SMILES string of the molecule is CC(C)(Sc1cccc(OCCc2cc3ccccc3[nH]2)c1)C(=O)O. The average Bonchev–Trinajstić information content (AvgIpc) is 2.97. The van der Waals surface area contributed by atoms with Gasteiger partial charge in [0.25, 0.3) is 0 Å². The minimum Gasteiger partial charge on any atom is -0.493 e. The van der Waals surface area contributed by atoms with Gasteiger partial charge in [-0.15, -0.1) is 11.8 Å². The predicted octanol–water partition coefficient (Wildman–Crippen LogP) is 4.74. The fraction of sp³-hybridized carbons (Fsp3) is 0.250. The molecule has 3 aromatic rings. The van der Waals surface area contributed by atoms with Crippen LogP contribution in [0.25, 0.3) is 10.9 Å². The first-order valence-corrected chi connectivity index (χ1v) is 8.97. The van der Waals surface area contributed by atoms with Crippen molar-refractivity contribution in [3.63, 3.8) is 0 Å². The Labute approximate surface area is 151 Å². The van der Waals surface area contributed by atoms with Crippen molar-refractivity contribution in [3.05, 3.63) is 60.3 Å². The van der Waals surface area contributed by atoms with E-state index >= 15 is 0 Å². The van der Waals surface area contributed by atoms with E-state index in [2.05, 4.69) is 23.2 Å². The number of H-pyrrole nitrogens is 1. The number of ether oxygens (including phenoxy) is 1. The molecule has 1 aromatic heterocycles. The van der Waals surface area contributed by atoms with Crippen LogP contribution in [0, 0.1) is 0 Å². The molecule has 130 valence electrons. The first-order chi connectivity index (χ1) is 11.9. The van der Waals surface area contributed by atoms with Gasteiger partial charge in [0, 0.05) is 22.5 Å². The van der Waals surface area contributed by atoms with Crippen LogP contribution in [0.4, 0.5) is 0 Å². The van der Waals surface area contributed by atoms with Crippen LogP contribution in [0.3, 0.4) is 0 Å². The summed E-state index contributed by atoms with van der Waals surface area (Å²) in [4.78, 5) is 15.5. The first-order valence-electron chi connectivity index (χ1n) is 8.16. The average molecular weight is 355 g/mol. The Morgan fingerprint density at radius 3 is 2.72 bits per heavy atom. The highest BCUT2D eigenvalue weighted by Gasteiger charge is 2.28. The van der Waals surface area contributed by atoms with Gasteiger partial charge in [-0.05, 0) is 49.6 Å². The molecular formula is C20H21NO3S. The molecule has 0 aliphatic carbocycles. The lowest BCUT2D eigenvalue weighted by atomic mass is 10.2. The Morgan fingerprint density at radius 2 is 1.96 bits per heavy atom. The van der Waals surface area contributed by atoms with E-state index in [1.807, 2.05) is 36.4 Å². The summed E-state index contributed by atoms with van der Waals surface area (Å²) in [5, 5.41) is 10.4. The number of thioether (sulfide) groups is 1. The number of fused-ring (bicyclic) bond motifs is 1. The molecule has 0 unspecified atom stereocenters. The maximum Gasteiger partial charge on any atom is 0.319 e. The molecule has 0 fully saturated rings. The standard InChI is InChI=1S/C20H21NO3S/c1-20(2,19(22)23)25-17-8-5-7-16(13-17)24-11-10-15-12-14-6-3-4-9-18(14)21-15/h3-9,12-13,21H,10-11H2,1-2H3,(H,22,23). The number of aromatic nitrogens is 1. The van der Waals surface area contributed by atoms with Crippen LogP contribution in [0.15, 0.2) is 59.5 Å². The third kappa shape index (κ3) is 4.37. The highest BCUT2D eigenvalue weighted by atomic mass is 32.2. The third-order valence-electron chi connectivity index (χ3n) is 3.92. The normalized spacial score (nSPS) is 11.6. The Morgan fingerprint density at radius 1 is 1.16 bits per heavy atom. The zero-order valence-electron chi connectivity index (χ0n) is 14.3. The quantitative estimate of drug-likeness (QED) is 0.601. The number of para-hydroxylation sites is 1. The van der Waals surface area contributed by atoms with Gasteiger partial charge >= 0.3 is 5.97 Å². The van der Waals surface area contributed by atoms with Crippen LogP contribution in [-0.4, -0.2) is 27.4 Å². The summed E-state index contributed by atoms with van der Waals surface area (Å²) >= 11 is 1.32. The fourth-order valence-electron chi connectivity index (χ4n) is 2.51. The number of hydrogen-bond donors (Lipinski definition) is 2. The molecule has 2 aromatic carbocycles. The van der Waals surface area contributed by atoms with E-state index in [4.69, 9.17) is 4.74 Å². The van der Waals surface area contributed by atoms with Crippen molar-refractivity contribution >= 4 is 28.6 Å². The summed E-state index contributed by atoms with van der Waals surface area (Å²) < 4.78 is 4.97. The first kappa shape index (κ1) is 17.4. The van der Waals surface area contributed by atoms with Crippen molar-refractivity contribution < 1.29 is 14.6 Å². The summed E-state index contributed by atoms with van der Waals surface area (Å²) in [6.45, 7) is 3.95. The number of rotatable bonds is 7. The molecule has 5 heteroatoms. The van der Waals surface area contributed by atoms with Gasteiger partial charge in [0.15, 0.2) is 0 Å². The lowest BCUT2D eigenvalue weighted by Crippen LogP contribution is -2.26. The number of aliphatic carboxylic acids is 1. The second-order valence-corrected chi connectivity index (χ2v) is 8.07. The number of carboxylic acids is 1. The van der Waals surface area contributed by atoms with E-state index in [1.165, 1.54) is 17.1 Å². The van der Waals surface area contributed by atoms with Gasteiger partial charge < -0.3 is 14.8 Å². The number of hydrogen-bond acceptors (Lipinski definition) is 3. The lowest BCUT2D eigenvalue weighted by molar-refractivity contribution is -0.138. The van der Waals surface area contributed by atoms with E-state index in [9.17, 15) is 9.90 Å². The van der Waals surface area contributed by atoms with Gasteiger partial charge in [0.1, 0.15) is 10.5 Å². The molecule has 0 aliphatic rings. The van der Waals surface area contributed by atoms with Crippen molar-refractivity contribution in [2.24, 2.45) is 0 Å². The van der Waals surface area contributed by atoms with Crippen molar-refractivity contribution in [1.29, 1.82) is 0 Å². The number of carbonyl (C=O) groups is 1. The van der Waals surface area contributed by atoms with Gasteiger partial charge in [0.2, 0.25) is 0 Å². The van der Waals surface area contributed by atoms with Crippen LogP contribution in [0.5, 0.6) is 5.75 Å². The highest BCUT2D eigenvalue weighted by Crippen LogP contribution is 2.34. The van der Waals surface area contributed by atoms with Gasteiger partial charge in [-0.3, -0.25) is 4.79 Å². The molecule has 0 saturated heterocycles. The predicted molar refractivity (Wildman–Crippen MR) is 102 cm³/mol. The summed E-state index contributed by atoms with van der Waals surface area (Å²) in [5.74, 6) is -0.0788. The summed E-state index contributed by atoms with van der Waals surface area (Å²) in [6, 6.07) is 17.9. The van der Waals surface area contributed by atoms with E-state index < -0.39 is 10.7 Å². The minimum atomic E-state index is -0.872. The van der Waals surface area contributed by atoms with Gasteiger partial charge in [-0.25, -0.2) is 0 Å². The Kier molecular flexibility index (Phi) is 5.04. The largest absolute Gasteiger partial charge is 0.493 e. The zero-order chi connectivity index (χ0) is 17.9. The second-order valence-electron chi connectivity index (χ2n) is 6.37.